The summed E-state index contributed by atoms with van der Waals surface area (Å²) in [7, 11) is 4.28. The molecule has 1 fully saturated rings. The van der Waals surface area contributed by atoms with Crippen molar-refractivity contribution in [1.82, 2.24) is 10.2 Å². The van der Waals surface area contributed by atoms with Crippen molar-refractivity contribution < 1.29 is 0 Å². The van der Waals surface area contributed by atoms with Gasteiger partial charge in [-0.1, -0.05) is 13.8 Å². The summed E-state index contributed by atoms with van der Waals surface area (Å²) in [6, 6.07) is 0.792. The summed E-state index contributed by atoms with van der Waals surface area (Å²) in [5, 5.41) is 3.69. The van der Waals surface area contributed by atoms with E-state index in [1.54, 1.807) is 0 Å². The summed E-state index contributed by atoms with van der Waals surface area (Å²) >= 11 is 0. The van der Waals surface area contributed by atoms with Crippen LogP contribution < -0.4 is 5.32 Å². The lowest BCUT2D eigenvalue weighted by Crippen LogP contribution is -2.36. The molecule has 0 heterocycles. The zero-order chi connectivity index (χ0) is 11.3. The van der Waals surface area contributed by atoms with Gasteiger partial charge in [-0.15, -0.1) is 0 Å². The zero-order valence-corrected chi connectivity index (χ0v) is 11.0. The Labute approximate surface area is 95.4 Å². The fourth-order valence-corrected chi connectivity index (χ4v) is 2.30. The van der Waals surface area contributed by atoms with Crippen molar-refractivity contribution in [2.24, 2.45) is 5.41 Å². The molecule has 2 nitrogen and oxygen atoms in total. The topological polar surface area (TPSA) is 15.3 Å². The van der Waals surface area contributed by atoms with Crippen LogP contribution in [-0.4, -0.2) is 38.1 Å². The van der Waals surface area contributed by atoms with Gasteiger partial charge in [0.1, 0.15) is 0 Å². The predicted octanol–water partition coefficient (Wildman–Crippen LogP) is 2.50. The largest absolute Gasteiger partial charge is 0.314 e. The Balaban J connectivity index is 2.04. The summed E-state index contributed by atoms with van der Waals surface area (Å²) in [6.07, 6.45) is 6.79. The quantitative estimate of drug-likeness (QED) is 0.704. The number of nitrogens with zero attached hydrogens (tertiary/aromatic N) is 1. The van der Waals surface area contributed by atoms with E-state index in [9.17, 15) is 0 Å². The molecule has 0 aromatic heterocycles. The van der Waals surface area contributed by atoms with Crippen LogP contribution in [0.4, 0.5) is 0 Å². The van der Waals surface area contributed by atoms with Crippen LogP contribution in [0.3, 0.4) is 0 Å². The molecule has 0 bridgehead atoms. The van der Waals surface area contributed by atoms with Crippen LogP contribution in [0.15, 0.2) is 0 Å². The maximum absolute atomic E-state index is 3.69. The van der Waals surface area contributed by atoms with E-state index >= 15 is 0 Å². The minimum Gasteiger partial charge on any atom is -0.314 e. The van der Waals surface area contributed by atoms with E-state index in [0.717, 1.165) is 6.04 Å². The molecule has 1 aliphatic rings. The zero-order valence-electron chi connectivity index (χ0n) is 11.0. The second kappa shape index (κ2) is 5.86. The van der Waals surface area contributed by atoms with Gasteiger partial charge in [-0.2, -0.15) is 0 Å². The van der Waals surface area contributed by atoms with Crippen LogP contribution in [0.25, 0.3) is 0 Å². The highest BCUT2D eigenvalue weighted by Gasteiger charge is 2.26. The van der Waals surface area contributed by atoms with E-state index in [1.165, 1.54) is 45.2 Å². The van der Waals surface area contributed by atoms with Crippen molar-refractivity contribution >= 4 is 0 Å². The third-order valence-electron chi connectivity index (χ3n) is 3.55. The van der Waals surface area contributed by atoms with Crippen molar-refractivity contribution in [3.05, 3.63) is 0 Å². The standard InChI is InChI=1S/C13H28N2/c1-13(2)8-6-12(7-9-13)14-10-5-11-15(3)4/h12,14H,5-11H2,1-4H3. The van der Waals surface area contributed by atoms with E-state index in [4.69, 9.17) is 0 Å². The lowest BCUT2D eigenvalue weighted by molar-refractivity contribution is 0.205. The third-order valence-corrected chi connectivity index (χ3v) is 3.55. The Morgan fingerprint density at radius 2 is 1.80 bits per heavy atom. The highest BCUT2D eigenvalue weighted by Crippen LogP contribution is 2.34. The average molecular weight is 212 g/mol. The Bertz CT molecular complexity index is 165. The second-order valence-corrected chi connectivity index (χ2v) is 6.05. The van der Waals surface area contributed by atoms with Crippen LogP contribution in [0, 0.1) is 5.41 Å². The minimum atomic E-state index is 0.599. The molecule has 0 aromatic rings. The molecule has 1 N–H and O–H groups in total. The van der Waals surface area contributed by atoms with Crippen molar-refractivity contribution in [2.75, 3.05) is 27.2 Å². The normalized spacial score (nSPS) is 22.2. The number of rotatable bonds is 5. The van der Waals surface area contributed by atoms with Crippen molar-refractivity contribution in [3.8, 4) is 0 Å². The summed E-state index contributed by atoms with van der Waals surface area (Å²) in [5.74, 6) is 0. The Kier molecular flexibility index (Phi) is 5.07. The molecule has 0 saturated heterocycles. The van der Waals surface area contributed by atoms with Gasteiger partial charge in [0.05, 0.1) is 0 Å². The highest BCUT2D eigenvalue weighted by molar-refractivity contribution is 4.81. The fraction of sp³-hybridized carbons (Fsp3) is 1.00. The van der Waals surface area contributed by atoms with Gasteiger partial charge in [-0.05, 0) is 64.7 Å². The molecule has 1 saturated carbocycles. The van der Waals surface area contributed by atoms with E-state index in [2.05, 4.69) is 38.2 Å². The first-order valence-electron chi connectivity index (χ1n) is 6.38. The van der Waals surface area contributed by atoms with E-state index < -0.39 is 0 Å². The predicted molar refractivity (Wildman–Crippen MR) is 67.2 cm³/mol. The Morgan fingerprint density at radius 1 is 1.20 bits per heavy atom. The van der Waals surface area contributed by atoms with Crippen LogP contribution in [0.5, 0.6) is 0 Å². The van der Waals surface area contributed by atoms with E-state index in [-0.39, 0.29) is 0 Å². The lowest BCUT2D eigenvalue weighted by Gasteiger charge is -2.34. The Morgan fingerprint density at radius 3 is 2.33 bits per heavy atom. The molecule has 0 radical (unpaired) electrons. The van der Waals surface area contributed by atoms with Gasteiger partial charge in [0.25, 0.3) is 0 Å². The molecule has 1 aliphatic carbocycles. The van der Waals surface area contributed by atoms with Gasteiger partial charge in [-0.25, -0.2) is 0 Å². The fourth-order valence-electron chi connectivity index (χ4n) is 2.30. The highest BCUT2D eigenvalue weighted by atomic mass is 15.1. The summed E-state index contributed by atoms with van der Waals surface area (Å²) in [5.41, 5.74) is 0.599. The monoisotopic (exact) mass is 212 g/mol. The molecule has 0 unspecified atom stereocenters. The first-order chi connectivity index (χ1) is 6.99. The molecule has 0 aromatic carbocycles. The maximum atomic E-state index is 3.69. The van der Waals surface area contributed by atoms with Gasteiger partial charge >= 0.3 is 0 Å². The molecule has 1 rings (SSSR count). The maximum Gasteiger partial charge on any atom is 0.00674 e. The summed E-state index contributed by atoms with van der Waals surface area (Å²) in [6.45, 7) is 7.18. The summed E-state index contributed by atoms with van der Waals surface area (Å²) < 4.78 is 0. The van der Waals surface area contributed by atoms with Gasteiger partial charge in [0.15, 0.2) is 0 Å². The average Bonchev–Trinajstić information content (AvgIpc) is 2.14. The van der Waals surface area contributed by atoms with Crippen molar-refractivity contribution in [3.63, 3.8) is 0 Å². The smallest absolute Gasteiger partial charge is 0.00674 e. The second-order valence-electron chi connectivity index (χ2n) is 6.05. The van der Waals surface area contributed by atoms with Crippen LogP contribution in [0.1, 0.15) is 46.0 Å². The number of hydrogen-bond donors (Lipinski definition) is 1. The van der Waals surface area contributed by atoms with Crippen molar-refractivity contribution in [2.45, 2.75) is 52.0 Å². The molecule has 2 heteroatoms. The first kappa shape index (κ1) is 13.0. The third kappa shape index (κ3) is 5.53. The number of nitrogens with one attached hydrogen (secondary N) is 1. The molecular weight excluding hydrogens is 184 g/mol. The van der Waals surface area contributed by atoms with Crippen LogP contribution in [-0.2, 0) is 0 Å². The molecule has 0 amide bonds. The van der Waals surface area contributed by atoms with Crippen LogP contribution in [0.2, 0.25) is 0 Å². The summed E-state index contributed by atoms with van der Waals surface area (Å²) in [4.78, 5) is 2.26. The SMILES string of the molecule is CN(C)CCCNC1CCC(C)(C)CC1. The number of hydrogen-bond acceptors (Lipinski definition) is 2. The van der Waals surface area contributed by atoms with Gasteiger partial charge in [0.2, 0.25) is 0 Å². The molecule has 15 heavy (non-hydrogen) atoms. The van der Waals surface area contributed by atoms with Crippen molar-refractivity contribution in [1.29, 1.82) is 0 Å². The molecule has 0 atom stereocenters. The molecule has 90 valence electrons. The van der Waals surface area contributed by atoms with Gasteiger partial charge in [0, 0.05) is 6.04 Å². The lowest BCUT2D eigenvalue weighted by atomic mass is 9.75. The molecule has 0 spiro atoms. The molecular formula is C13H28N2. The molecule has 0 aliphatic heterocycles. The van der Waals surface area contributed by atoms with Gasteiger partial charge in [-0.3, -0.25) is 0 Å². The van der Waals surface area contributed by atoms with Crippen LogP contribution >= 0.6 is 0 Å². The van der Waals surface area contributed by atoms with E-state index in [1.807, 2.05) is 0 Å². The van der Waals surface area contributed by atoms with E-state index in [0.29, 0.717) is 5.41 Å². The van der Waals surface area contributed by atoms with Gasteiger partial charge < -0.3 is 10.2 Å². The first-order valence-corrected chi connectivity index (χ1v) is 6.38. The Hall–Kier alpha value is -0.0800. The minimum absolute atomic E-state index is 0.599.